The molecule has 0 fully saturated rings. The molecule has 6 nitrogen and oxygen atoms in total. The molecule has 33 heavy (non-hydrogen) atoms. The molecular weight excluding hydrogens is 463 g/mol. The number of methoxy groups -OCH3 is 1. The first-order valence-electron chi connectivity index (χ1n) is 10.3. The van der Waals surface area contributed by atoms with Gasteiger partial charge in [0.1, 0.15) is 11.8 Å². The first-order chi connectivity index (χ1) is 15.9. The lowest BCUT2D eigenvalue weighted by atomic mass is 9.96. The van der Waals surface area contributed by atoms with E-state index in [0.29, 0.717) is 32.7 Å². The van der Waals surface area contributed by atoms with Gasteiger partial charge in [-0.25, -0.2) is 4.79 Å². The van der Waals surface area contributed by atoms with Crippen LogP contribution < -0.4 is 15.4 Å². The topological polar surface area (TPSA) is 76.7 Å². The fourth-order valence-corrected chi connectivity index (χ4v) is 3.45. The standard InChI is InChI=1S/C25H24Cl2N2O4/c1-3-33-25(31)23(29-20-12-8-18(27)9-13-20)22(28-19-10-6-17(26)7-11-19)24(30)16-4-14-21(32-2)15-5-16/h4-15,22-23,28-29H,3H2,1-2H3/t22?,23-/m1/s1. The number of ketones is 1. The Morgan fingerprint density at radius 1 is 0.788 bits per heavy atom. The highest BCUT2D eigenvalue weighted by Crippen LogP contribution is 2.22. The van der Waals surface area contributed by atoms with Crippen molar-refractivity contribution < 1.29 is 19.1 Å². The summed E-state index contributed by atoms with van der Waals surface area (Å²) < 4.78 is 10.5. The van der Waals surface area contributed by atoms with E-state index in [9.17, 15) is 9.59 Å². The van der Waals surface area contributed by atoms with E-state index in [1.165, 1.54) is 0 Å². The third kappa shape index (κ3) is 6.63. The molecule has 2 atom stereocenters. The number of hydrogen-bond acceptors (Lipinski definition) is 6. The molecule has 0 bridgehead atoms. The van der Waals surface area contributed by atoms with Gasteiger partial charge in [-0.15, -0.1) is 0 Å². The van der Waals surface area contributed by atoms with Gasteiger partial charge in [-0.3, -0.25) is 4.79 Å². The fourth-order valence-electron chi connectivity index (χ4n) is 3.20. The van der Waals surface area contributed by atoms with Gasteiger partial charge in [0.2, 0.25) is 0 Å². The third-order valence-corrected chi connectivity index (χ3v) is 5.37. The Kier molecular flexibility index (Phi) is 8.58. The molecule has 3 aromatic carbocycles. The quantitative estimate of drug-likeness (QED) is 0.282. The van der Waals surface area contributed by atoms with Crippen molar-refractivity contribution in [2.75, 3.05) is 24.4 Å². The van der Waals surface area contributed by atoms with E-state index in [0.717, 1.165) is 0 Å². The van der Waals surface area contributed by atoms with Crippen molar-refractivity contribution in [1.82, 2.24) is 0 Å². The number of Topliss-reactive ketones (excluding diaryl/α,β-unsaturated/α-hetero) is 1. The van der Waals surface area contributed by atoms with Crippen LogP contribution in [0.4, 0.5) is 11.4 Å². The van der Waals surface area contributed by atoms with Gasteiger partial charge in [0.15, 0.2) is 11.8 Å². The van der Waals surface area contributed by atoms with Gasteiger partial charge in [-0.1, -0.05) is 23.2 Å². The van der Waals surface area contributed by atoms with Crippen LogP contribution in [0.3, 0.4) is 0 Å². The summed E-state index contributed by atoms with van der Waals surface area (Å²) in [4.78, 5) is 26.6. The summed E-state index contributed by atoms with van der Waals surface area (Å²) in [7, 11) is 1.55. The first kappa shape index (κ1) is 24.4. The van der Waals surface area contributed by atoms with Crippen molar-refractivity contribution in [3.05, 3.63) is 88.4 Å². The van der Waals surface area contributed by atoms with Crippen LogP contribution in [0.1, 0.15) is 17.3 Å². The van der Waals surface area contributed by atoms with Gasteiger partial charge in [0, 0.05) is 27.0 Å². The first-order valence-corrected chi connectivity index (χ1v) is 11.1. The van der Waals surface area contributed by atoms with Gasteiger partial charge >= 0.3 is 5.97 Å². The maximum absolute atomic E-state index is 13.6. The second kappa shape index (κ2) is 11.6. The lowest BCUT2D eigenvalue weighted by Gasteiger charge is -2.28. The molecule has 0 radical (unpaired) electrons. The van der Waals surface area contributed by atoms with Crippen LogP contribution in [0.15, 0.2) is 72.8 Å². The van der Waals surface area contributed by atoms with Gasteiger partial charge in [0.05, 0.1) is 13.7 Å². The maximum atomic E-state index is 13.6. The van der Waals surface area contributed by atoms with Crippen molar-refractivity contribution in [3.8, 4) is 5.75 Å². The monoisotopic (exact) mass is 486 g/mol. The molecule has 3 rings (SSSR count). The van der Waals surface area contributed by atoms with E-state index in [4.69, 9.17) is 32.7 Å². The van der Waals surface area contributed by atoms with Crippen LogP contribution in [-0.4, -0.2) is 37.6 Å². The van der Waals surface area contributed by atoms with Crippen LogP contribution in [0, 0.1) is 0 Å². The summed E-state index contributed by atoms with van der Waals surface area (Å²) in [6.45, 7) is 1.88. The summed E-state index contributed by atoms with van der Waals surface area (Å²) in [6, 6.07) is 18.4. The Labute approximate surface area is 202 Å². The Morgan fingerprint density at radius 2 is 1.27 bits per heavy atom. The number of anilines is 2. The highest BCUT2D eigenvalue weighted by Gasteiger charge is 2.35. The second-order valence-corrected chi connectivity index (χ2v) is 7.98. The van der Waals surface area contributed by atoms with E-state index in [1.54, 1.807) is 86.8 Å². The Bertz CT molecular complexity index is 1070. The zero-order valence-corrected chi connectivity index (χ0v) is 19.7. The number of halogens is 2. The summed E-state index contributed by atoms with van der Waals surface area (Å²) >= 11 is 12.0. The van der Waals surface area contributed by atoms with Crippen LogP contribution in [-0.2, 0) is 9.53 Å². The van der Waals surface area contributed by atoms with E-state index >= 15 is 0 Å². The Hall–Kier alpha value is -3.22. The average Bonchev–Trinajstić information content (AvgIpc) is 2.83. The number of nitrogens with one attached hydrogen (secondary N) is 2. The number of carbonyl (C=O) groups is 2. The summed E-state index contributed by atoms with van der Waals surface area (Å²) in [5, 5.41) is 7.41. The molecule has 3 aromatic rings. The normalized spacial score (nSPS) is 12.4. The Balaban J connectivity index is 2.00. The highest BCUT2D eigenvalue weighted by molar-refractivity contribution is 6.30. The second-order valence-electron chi connectivity index (χ2n) is 7.10. The van der Waals surface area contributed by atoms with E-state index in [-0.39, 0.29) is 12.4 Å². The molecule has 0 aliphatic heterocycles. The van der Waals surface area contributed by atoms with E-state index in [1.807, 2.05) is 0 Å². The molecule has 0 aliphatic rings. The molecule has 1 unspecified atom stereocenters. The van der Waals surface area contributed by atoms with Gasteiger partial charge in [-0.05, 0) is 79.7 Å². The maximum Gasteiger partial charge on any atom is 0.331 e. The molecule has 0 amide bonds. The molecule has 0 spiro atoms. The van der Waals surface area contributed by atoms with Crippen molar-refractivity contribution in [2.45, 2.75) is 19.0 Å². The molecule has 0 heterocycles. The largest absolute Gasteiger partial charge is 0.497 e. The Morgan fingerprint density at radius 3 is 1.73 bits per heavy atom. The minimum absolute atomic E-state index is 0.169. The van der Waals surface area contributed by atoms with Crippen molar-refractivity contribution in [3.63, 3.8) is 0 Å². The van der Waals surface area contributed by atoms with E-state index in [2.05, 4.69) is 10.6 Å². The van der Waals surface area contributed by atoms with Crippen LogP contribution >= 0.6 is 23.2 Å². The summed E-state index contributed by atoms with van der Waals surface area (Å²) in [5.74, 6) is -0.247. The number of carbonyl (C=O) groups excluding carboxylic acids is 2. The molecule has 2 N–H and O–H groups in total. The highest BCUT2D eigenvalue weighted by atomic mass is 35.5. The number of ether oxygens (including phenoxy) is 2. The van der Waals surface area contributed by atoms with Crippen LogP contribution in [0.25, 0.3) is 0 Å². The molecule has 0 saturated carbocycles. The zero-order chi connectivity index (χ0) is 23.8. The predicted molar refractivity (Wildman–Crippen MR) is 132 cm³/mol. The van der Waals surface area contributed by atoms with Gasteiger partial charge < -0.3 is 20.1 Å². The lowest BCUT2D eigenvalue weighted by Crippen LogP contribution is -2.50. The number of esters is 1. The summed E-state index contributed by atoms with van der Waals surface area (Å²) in [5.41, 5.74) is 1.65. The van der Waals surface area contributed by atoms with E-state index < -0.39 is 18.1 Å². The molecule has 0 aromatic heterocycles. The van der Waals surface area contributed by atoms with Crippen molar-refractivity contribution in [1.29, 1.82) is 0 Å². The third-order valence-electron chi connectivity index (χ3n) is 4.86. The van der Waals surface area contributed by atoms with Crippen molar-refractivity contribution in [2.24, 2.45) is 0 Å². The minimum Gasteiger partial charge on any atom is -0.497 e. The van der Waals surface area contributed by atoms with Crippen LogP contribution in [0.2, 0.25) is 10.0 Å². The predicted octanol–water partition coefficient (Wildman–Crippen LogP) is 5.71. The SMILES string of the molecule is CCOC(=O)[C@H](Nc1ccc(Cl)cc1)C(Nc1ccc(Cl)cc1)C(=O)c1ccc(OC)cc1. The smallest absolute Gasteiger partial charge is 0.331 e. The molecule has 0 saturated heterocycles. The number of hydrogen-bond donors (Lipinski definition) is 2. The number of benzene rings is 3. The number of rotatable bonds is 10. The summed E-state index contributed by atoms with van der Waals surface area (Å²) in [6.07, 6.45) is 0. The molecule has 8 heteroatoms. The molecular formula is C25H24Cl2N2O4. The lowest BCUT2D eigenvalue weighted by molar-refractivity contribution is -0.144. The van der Waals surface area contributed by atoms with Crippen molar-refractivity contribution >= 4 is 46.3 Å². The minimum atomic E-state index is -1.03. The fraction of sp³-hybridized carbons (Fsp3) is 0.200. The van der Waals surface area contributed by atoms with Gasteiger partial charge in [-0.2, -0.15) is 0 Å². The average molecular weight is 487 g/mol. The molecule has 0 aliphatic carbocycles. The molecule has 172 valence electrons. The van der Waals surface area contributed by atoms with Crippen LogP contribution in [0.5, 0.6) is 5.75 Å². The van der Waals surface area contributed by atoms with Gasteiger partial charge in [0.25, 0.3) is 0 Å². The zero-order valence-electron chi connectivity index (χ0n) is 18.2.